The molecule has 3 rings (SSSR count). The molecule has 27 heavy (non-hydrogen) atoms. The van der Waals surface area contributed by atoms with Crippen molar-refractivity contribution in [2.45, 2.75) is 11.8 Å². The molecule has 0 saturated heterocycles. The number of amides is 1. The van der Waals surface area contributed by atoms with E-state index >= 15 is 0 Å². The van der Waals surface area contributed by atoms with Crippen LogP contribution in [0.1, 0.15) is 15.9 Å². The molecule has 0 fully saturated rings. The number of benzene rings is 2. The molecule has 0 bridgehead atoms. The van der Waals surface area contributed by atoms with Gasteiger partial charge in [0.15, 0.2) is 19.0 Å². The maximum absolute atomic E-state index is 12.2. The molecule has 1 heterocycles. The summed E-state index contributed by atoms with van der Waals surface area (Å²) in [5, 5.41) is 2.64. The minimum Gasteiger partial charge on any atom is -0.482 e. The number of ketones is 1. The van der Waals surface area contributed by atoms with Crippen molar-refractivity contribution in [3.8, 4) is 5.75 Å². The lowest BCUT2D eigenvalue weighted by Gasteiger charge is -2.18. The van der Waals surface area contributed by atoms with E-state index < -0.39 is 5.97 Å². The van der Waals surface area contributed by atoms with E-state index in [2.05, 4.69) is 21.2 Å². The summed E-state index contributed by atoms with van der Waals surface area (Å²) in [4.78, 5) is 36.5. The average molecular weight is 450 g/mol. The summed E-state index contributed by atoms with van der Waals surface area (Å²) in [7, 11) is 0. The Hall–Kier alpha value is -2.32. The molecule has 2 aromatic carbocycles. The number of rotatable bonds is 6. The van der Waals surface area contributed by atoms with Crippen LogP contribution in [0.25, 0.3) is 0 Å². The second-order valence-corrected chi connectivity index (χ2v) is 7.76. The number of carbonyl (C=O) groups is 3. The fraction of sp³-hybridized carbons (Fsp3) is 0.211. The number of hydrogen-bond donors (Lipinski definition) is 1. The van der Waals surface area contributed by atoms with Gasteiger partial charge in [-0.2, -0.15) is 0 Å². The highest BCUT2D eigenvalue weighted by atomic mass is 79.9. The summed E-state index contributed by atoms with van der Waals surface area (Å²) in [5.74, 6) is -0.478. The first-order chi connectivity index (χ1) is 12.9. The molecule has 0 saturated carbocycles. The van der Waals surface area contributed by atoms with Crippen LogP contribution in [0.3, 0.4) is 0 Å². The van der Waals surface area contributed by atoms with Crippen LogP contribution in [0, 0.1) is 6.92 Å². The first-order valence-corrected chi connectivity index (χ1v) is 9.85. The Morgan fingerprint density at radius 3 is 2.85 bits per heavy atom. The second-order valence-electron chi connectivity index (χ2n) is 5.83. The van der Waals surface area contributed by atoms with Crippen molar-refractivity contribution in [3.63, 3.8) is 0 Å². The normalized spacial score (nSPS) is 12.6. The number of hydrogen-bond acceptors (Lipinski definition) is 6. The molecule has 0 aromatic heterocycles. The second kappa shape index (κ2) is 8.58. The number of ether oxygens (including phenoxy) is 2. The van der Waals surface area contributed by atoms with Gasteiger partial charge in [0.25, 0.3) is 5.91 Å². The monoisotopic (exact) mass is 449 g/mol. The van der Waals surface area contributed by atoms with Crippen molar-refractivity contribution in [2.24, 2.45) is 0 Å². The highest BCUT2D eigenvalue weighted by molar-refractivity contribution is 9.10. The third kappa shape index (κ3) is 5.11. The van der Waals surface area contributed by atoms with Crippen molar-refractivity contribution < 1.29 is 23.9 Å². The summed E-state index contributed by atoms with van der Waals surface area (Å²) in [6.45, 7) is 1.56. The summed E-state index contributed by atoms with van der Waals surface area (Å²) in [5.41, 5.74) is 1.82. The van der Waals surface area contributed by atoms with E-state index in [-0.39, 0.29) is 30.7 Å². The van der Waals surface area contributed by atoms with Gasteiger partial charge in [0, 0.05) is 14.9 Å². The van der Waals surface area contributed by atoms with Crippen molar-refractivity contribution in [1.29, 1.82) is 0 Å². The van der Waals surface area contributed by atoms with E-state index in [0.717, 1.165) is 14.9 Å². The highest BCUT2D eigenvalue weighted by Gasteiger charge is 2.18. The molecule has 0 aliphatic carbocycles. The summed E-state index contributed by atoms with van der Waals surface area (Å²) < 4.78 is 11.3. The van der Waals surface area contributed by atoms with E-state index in [9.17, 15) is 14.4 Å². The number of thioether (sulfide) groups is 1. The van der Waals surface area contributed by atoms with Crippen LogP contribution in [-0.4, -0.2) is 36.6 Å². The van der Waals surface area contributed by atoms with Crippen molar-refractivity contribution >= 4 is 51.0 Å². The number of esters is 1. The number of Topliss-reactive ketones (excluding diaryl/α,β-unsaturated/α-hetero) is 1. The van der Waals surface area contributed by atoms with Crippen LogP contribution in [0.15, 0.2) is 45.8 Å². The molecule has 1 amide bonds. The lowest BCUT2D eigenvalue weighted by atomic mass is 10.1. The summed E-state index contributed by atoms with van der Waals surface area (Å²) >= 11 is 4.76. The molecule has 0 spiro atoms. The molecule has 140 valence electrons. The van der Waals surface area contributed by atoms with Gasteiger partial charge in [0.05, 0.1) is 11.4 Å². The lowest BCUT2D eigenvalue weighted by molar-refractivity contribution is -0.139. The summed E-state index contributed by atoms with van der Waals surface area (Å²) in [6.07, 6.45) is 0. The van der Waals surface area contributed by atoms with Gasteiger partial charge in [0.2, 0.25) is 0 Å². The minimum absolute atomic E-state index is 0.0482. The van der Waals surface area contributed by atoms with Gasteiger partial charge in [-0.3, -0.25) is 14.4 Å². The molecular weight excluding hydrogens is 434 g/mol. The van der Waals surface area contributed by atoms with E-state index in [0.29, 0.717) is 17.0 Å². The Balaban J connectivity index is 1.52. The number of aryl methyl sites for hydroxylation is 1. The predicted octanol–water partition coefficient (Wildman–Crippen LogP) is 3.61. The zero-order valence-corrected chi connectivity index (χ0v) is 16.8. The zero-order chi connectivity index (χ0) is 19.4. The van der Waals surface area contributed by atoms with E-state index in [1.165, 1.54) is 17.8 Å². The first kappa shape index (κ1) is 19.4. The minimum atomic E-state index is -0.467. The number of halogens is 1. The van der Waals surface area contributed by atoms with Gasteiger partial charge < -0.3 is 14.8 Å². The molecule has 0 unspecified atom stereocenters. The van der Waals surface area contributed by atoms with Gasteiger partial charge in [-0.15, -0.1) is 11.8 Å². The van der Waals surface area contributed by atoms with Crippen LogP contribution < -0.4 is 10.1 Å². The molecular formula is C19H16BrNO5S. The molecule has 0 radical (unpaired) electrons. The molecule has 2 aromatic rings. The quantitative estimate of drug-likeness (QED) is 0.412. The van der Waals surface area contributed by atoms with E-state index in [4.69, 9.17) is 9.47 Å². The van der Waals surface area contributed by atoms with Crippen molar-refractivity contribution in [3.05, 3.63) is 52.0 Å². The number of fused-ring (bicyclic) bond motifs is 1. The highest BCUT2D eigenvalue weighted by Crippen LogP contribution is 2.29. The molecule has 1 aliphatic rings. The molecule has 1 N–H and O–H groups in total. The SMILES string of the molecule is Cc1cc(Br)ccc1SCC(=O)OCC(=O)c1ccc2c(c1)NC(=O)CO2. The zero-order valence-electron chi connectivity index (χ0n) is 14.4. The van der Waals surface area contributed by atoms with Crippen LogP contribution in [0.5, 0.6) is 5.75 Å². The smallest absolute Gasteiger partial charge is 0.316 e. The van der Waals surface area contributed by atoms with Crippen molar-refractivity contribution in [1.82, 2.24) is 0 Å². The fourth-order valence-electron chi connectivity index (χ4n) is 2.44. The number of anilines is 1. The van der Waals surface area contributed by atoms with Crippen LogP contribution >= 0.6 is 27.7 Å². The number of carbonyl (C=O) groups excluding carboxylic acids is 3. The molecule has 0 atom stereocenters. The molecule has 1 aliphatic heterocycles. The lowest BCUT2D eigenvalue weighted by Crippen LogP contribution is -2.25. The Labute approximate surface area is 168 Å². The van der Waals surface area contributed by atoms with Crippen LogP contribution in [-0.2, 0) is 14.3 Å². The van der Waals surface area contributed by atoms with E-state index in [1.807, 2.05) is 25.1 Å². The maximum Gasteiger partial charge on any atom is 0.316 e. The van der Waals surface area contributed by atoms with Gasteiger partial charge in [-0.1, -0.05) is 15.9 Å². The first-order valence-electron chi connectivity index (χ1n) is 8.07. The Morgan fingerprint density at radius 2 is 2.07 bits per heavy atom. The predicted molar refractivity (Wildman–Crippen MR) is 105 cm³/mol. The molecule has 6 nitrogen and oxygen atoms in total. The van der Waals surface area contributed by atoms with Gasteiger partial charge in [0.1, 0.15) is 5.75 Å². The van der Waals surface area contributed by atoms with Gasteiger partial charge >= 0.3 is 5.97 Å². The summed E-state index contributed by atoms with van der Waals surface area (Å²) in [6, 6.07) is 10.5. The standard InChI is InChI=1S/C19H16BrNO5S/c1-11-6-13(20)3-5-17(11)27-10-19(24)26-8-15(22)12-2-4-16-14(7-12)21-18(23)9-25-16/h2-7H,8-10H2,1H3,(H,21,23). The van der Waals surface area contributed by atoms with E-state index in [1.54, 1.807) is 12.1 Å². The van der Waals surface area contributed by atoms with Crippen LogP contribution in [0.2, 0.25) is 0 Å². The fourth-order valence-corrected chi connectivity index (χ4v) is 3.72. The molecule has 8 heteroatoms. The largest absolute Gasteiger partial charge is 0.482 e. The van der Waals surface area contributed by atoms with Gasteiger partial charge in [-0.05, 0) is 48.9 Å². The third-order valence-electron chi connectivity index (χ3n) is 3.78. The Bertz CT molecular complexity index is 915. The van der Waals surface area contributed by atoms with Crippen LogP contribution in [0.4, 0.5) is 5.69 Å². The number of nitrogens with one attached hydrogen (secondary N) is 1. The van der Waals surface area contributed by atoms with Gasteiger partial charge in [-0.25, -0.2) is 0 Å². The average Bonchev–Trinajstić information content (AvgIpc) is 2.64. The topological polar surface area (TPSA) is 81.7 Å². The third-order valence-corrected chi connectivity index (χ3v) is 5.42. The Kier molecular flexibility index (Phi) is 6.18. The maximum atomic E-state index is 12.2. The van der Waals surface area contributed by atoms with Crippen molar-refractivity contribution in [2.75, 3.05) is 24.3 Å². The Morgan fingerprint density at radius 1 is 1.26 bits per heavy atom.